The van der Waals surface area contributed by atoms with Crippen molar-refractivity contribution in [2.45, 2.75) is 63.6 Å². The molecule has 9 heteroatoms. The van der Waals surface area contributed by atoms with Gasteiger partial charge in [0, 0.05) is 30.1 Å². The number of nitrogens with one attached hydrogen (secondary N) is 3. The molecule has 3 N–H and O–H groups in total. The number of carbonyl (C=O) groups excluding carboxylic acids is 5. The summed E-state index contributed by atoms with van der Waals surface area (Å²) < 4.78 is 0. The molecule has 2 heterocycles. The van der Waals surface area contributed by atoms with Crippen LogP contribution in [0.2, 0.25) is 0 Å². The maximum absolute atomic E-state index is 12.8. The normalized spacial score (nSPS) is 21.8. The molecule has 158 valence electrons. The molecule has 1 saturated carbocycles. The molecule has 6 amide bonds. The smallest absolute Gasteiger partial charge is 0.321 e. The number of amides is 6. The monoisotopic (exact) mass is 412 g/mol. The number of hydrogen-bond acceptors (Lipinski definition) is 5. The molecule has 0 spiro atoms. The van der Waals surface area contributed by atoms with E-state index in [0.29, 0.717) is 11.1 Å². The number of benzene rings is 1. The van der Waals surface area contributed by atoms with E-state index in [4.69, 9.17) is 0 Å². The lowest BCUT2D eigenvalue weighted by molar-refractivity contribution is -0.136. The van der Waals surface area contributed by atoms with Crippen molar-refractivity contribution in [1.29, 1.82) is 0 Å². The van der Waals surface area contributed by atoms with E-state index in [1.165, 1.54) is 11.0 Å². The Morgan fingerprint density at radius 1 is 1.03 bits per heavy atom. The highest BCUT2D eigenvalue weighted by Gasteiger charge is 2.39. The number of nitrogens with zero attached hydrogens (tertiary/aromatic N) is 1. The summed E-state index contributed by atoms with van der Waals surface area (Å²) in [5.74, 6) is -1.77. The van der Waals surface area contributed by atoms with Crippen LogP contribution in [0.25, 0.3) is 0 Å². The highest BCUT2D eigenvalue weighted by atomic mass is 16.2. The average Bonchev–Trinajstić information content (AvgIpc) is 3.04. The van der Waals surface area contributed by atoms with E-state index < -0.39 is 23.9 Å². The molecule has 1 atom stereocenters. The van der Waals surface area contributed by atoms with Gasteiger partial charge in [0.05, 0.1) is 0 Å². The summed E-state index contributed by atoms with van der Waals surface area (Å²) in [6.45, 7) is 0.241. The molecule has 4 rings (SSSR count). The van der Waals surface area contributed by atoms with Gasteiger partial charge in [-0.05, 0) is 37.0 Å². The van der Waals surface area contributed by atoms with Crippen LogP contribution in [-0.4, -0.2) is 46.6 Å². The summed E-state index contributed by atoms with van der Waals surface area (Å²) in [6, 6.07) is 3.50. The predicted octanol–water partition coefficient (Wildman–Crippen LogP) is 1.22. The first-order valence-corrected chi connectivity index (χ1v) is 10.3. The van der Waals surface area contributed by atoms with Crippen molar-refractivity contribution in [3.8, 4) is 0 Å². The van der Waals surface area contributed by atoms with Crippen LogP contribution in [0.1, 0.15) is 71.2 Å². The van der Waals surface area contributed by atoms with Crippen molar-refractivity contribution in [1.82, 2.24) is 20.9 Å². The van der Waals surface area contributed by atoms with Gasteiger partial charge in [0.15, 0.2) is 0 Å². The quantitative estimate of drug-likeness (QED) is 0.644. The number of hydrogen-bond donors (Lipinski definition) is 3. The van der Waals surface area contributed by atoms with Gasteiger partial charge >= 0.3 is 6.03 Å². The van der Waals surface area contributed by atoms with Crippen LogP contribution in [0.3, 0.4) is 0 Å². The fourth-order valence-electron chi connectivity index (χ4n) is 4.34. The second kappa shape index (κ2) is 8.25. The van der Waals surface area contributed by atoms with Gasteiger partial charge in [0.1, 0.15) is 6.04 Å². The number of rotatable bonds is 3. The summed E-state index contributed by atoms with van der Waals surface area (Å²) in [4.78, 5) is 62.3. The molecule has 1 aliphatic carbocycles. The maximum Gasteiger partial charge on any atom is 0.321 e. The summed E-state index contributed by atoms with van der Waals surface area (Å²) in [6.07, 6.45) is 5.57. The van der Waals surface area contributed by atoms with Gasteiger partial charge in [0.2, 0.25) is 11.8 Å². The summed E-state index contributed by atoms with van der Waals surface area (Å²) >= 11 is 0. The van der Waals surface area contributed by atoms with E-state index in [1.807, 2.05) is 0 Å². The largest absolute Gasteiger partial charge is 0.335 e. The average molecular weight is 412 g/mol. The number of fused-ring (bicyclic) bond motifs is 1. The van der Waals surface area contributed by atoms with Crippen LogP contribution < -0.4 is 16.0 Å². The van der Waals surface area contributed by atoms with Crippen molar-refractivity contribution in [3.05, 3.63) is 34.9 Å². The Balaban J connectivity index is 1.41. The Labute approximate surface area is 173 Å². The van der Waals surface area contributed by atoms with Crippen LogP contribution in [0, 0.1) is 0 Å². The highest BCUT2D eigenvalue weighted by molar-refractivity contribution is 6.08. The molecule has 3 aliphatic rings. The van der Waals surface area contributed by atoms with E-state index in [9.17, 15) is 24.0 Å². The first-order valence-electron chi connectivity index (χ1n) is 10.3. The lowest BCUT2D eigenvalue weighted by Crippen LogP contribution is -2.52. The maximum atomic E-state index is 12.8. The second-order valence-corrected chi connectivity index (χ2v) is 8.03. The first-order chi connectivity index (χ1) is 14.4. The molecule has 1 unspecified atom stereocenters. The third kappa shape index (κ3) is 4.05. The third-order valence-electron chi connectivity index (χ3n) is 5.96. The number of urea groups is 1. The summed E-state index contributed by atoms with van der Waals surface area (Å²) in [5.41, 5.74) is 1.24. The van der Waals surface area contributed by atoms with Crippen LogP contribution in [0.15, 0.2) is 18.2 Å². The molecule has 1 aromatic rings. The van der Waals surface area contributed by atoms with E-state index in [1.54, 1.807) is 12.1 Å². The standard InChI is InChI=1S/C21H24N4O5/c26-17-9-8-16(19(28)23-17)25-11-13-7-6-12(10-15(13)20(25)29)18(27)24-21(30)22-14-4-2-1-3-5-14/h6-7,10,14,16H,1-5,8-9,11H2,(H,23,26,28)(H2,22,24,27,30). The molecular weight excluding hydrogens is 388 g/mol. The Kier molecular flexibility index (Phi) is 5.52. The second-order valence-electron chi connectivity index (χ2n) is 8.03. The SMILES string of the molecule is O=C1CCC(N2Cc3ccc(C(=O)NC(=O)NC4CCCCC4)cc3C2=O)C(=O)N1. The Morgan fingerprint density at radius 2 is 1.80 bits per heavy atom. The Bertz CT molecular complexity index is 922. The van der Waals surface area contributed by atoms with Gasteiger partial charge in [-0.15, -0.1) is 0 Å². The highest BCUT2D eigenvalue weighted by Crippen LogP contribution is 2.28. The molecule has 0 bridgehead atoms. The van der Waals surface area contributed by atoms with Crippen molar-refractivity contribution in [2.75, 3.05) is 0 Å². The van der Waals surface area contributed by atoms with Crippen LogP contribution in [-0.2, 0) is 16.1 Å². The van der Waals surface area contributed by atoms with Gasteiger partial charge in [-0.1, -0.05) is 25.3 Å². The fourth-order valence-corrected chi connectivity index (χ4v) is 4.34. The van der Waals surface area contributed by atoms with E-state index in [2.05, 4.69) is 16.0 Å². The Morgan fingerprint density at radius 3 is 2.53 bits per heavy atom. The van der Waals surface area contributed by atoms with E-state index in [0.717, 1.165) is 32.1 Å². The van der Waals surface area contributed by atoms with Gasteiger partial charge in [-0.2, -0.15) is 0 Å². The van der Waals surface area contributed by atoms with Gasteiger partial charge in [-0.3, -0.25) is 29.8 Å². The third-order valence-corrected chi connectivity index (χ3v) is 5.96. The lowest BCUT2D eigenvalue weighted by atomic mass is 9.96. The van der Waals surface area contributed by atoms with Crippen LogP contribution >= 0.6 is 0 Å². The fraction of sp³-hybridized carbons (Fsp3) is 0.476. The molecule has 30 heavy (non-hydrogen) atoms. The first kappa shape index (κ1) is 20.1. The molecule has 2 fully saturated rings. The van der Waals surface area contributed by atoms with E-state index in [-0.39, 0.29) is 42.8 Å². The lowest BCUT2D eigenvalue weighted by Gasteiger charge is -2.29. The number of imide groups is 2. The summed E-state index contributed by atoms with van der Waals surface area (Å²) in [7, 11) is 0. The molecule has 0 aromatic heterocycles. The van der Waals surface area contributed by atoms with Crippen molar-refractivity contribution >= 4 is 29.7 Å². The number of piperidine rings is 1. The van der Waals surface area contributed by atoms with Crippen LogP contribution in [0.4, 0.5) is 4.79 Å². The van der Waals surface area contributed by atoms with Gasteiger partial charge in [0.25, 0.3) is 11.8 Å². The summed E-state index contributed by atoms with van der Waals surface area (Å²) in [5, 5.41) is 7.40. The molecule has 2 aliphatic heterocycles. The zero-order valence-electron chi connectivity index (χ0n) is 16.5. The minimum atomic E-state index is -0.707. The minimum absolute atomic E-state index is 0.0789. The Hall–Kier alpha value is -3.23. The molecule has 9 nitrogen and oxygen atoms in total. The van der Waals surface area contributed by atoms with Gasteiger partial charge < -0.3 is 10.2 Å². The van der Waals surface area contributed by atoms with Crippen molar-refractivity contribution < 1.29 is 24.0 Å². The minimum Gasteiger partial charge on any atom is -0.335 e. The van der Waals surface area contributed by atoms with Crippen molar-refractivity contribution in [2.24, 2.45) is 0 Å². The van der Waals surface area contributed by atoms with E-state index >= 15 is 0 Å². The zero-order chi connectivity index (χ0) is 21.3. The van der Waals surface area contributed by atoms with Gasteiger partial charge in [-0.25, -0.2) is 4.79 Å². The molecule has 1 saturated heterocycles. The van der Waals surface area contributed by atoms with Crippen LogP contribution in [0.5, 0.6) is 0 Å². The van der Waals surface area contributed by atoms with Crippen molar-refractivity contribution in [3.63, 3.8) is 0 Å². The number of carbonyl (C=O) groups is 5. The molecular formula is C21H24N4O5. The zero-order valence-corrected chi connectivity index (χ0v) is 16.5. The molecule has 1 aromatic carbocycles. The topological polar surface area (TPSA) is 125 Å². The molecule has 0 radical (unpaired) electrons. The predicted molar refractivity (Wildman–Crippen MR) is 105 cm³/mol.